The Kier molecular flexibility index (Phi) is 6.46. The second-order valence-electron chi connectivity index (χ2n) is 13.2. The molecule has 0 unspecified atom stereocenters. The molecular formula is C48H29N3. The van der Waals surface area contributed by atoms with Gasteiger partial charge in [0.05, 0.1) is 28.4 Å². The van der Waals surface area contributed by atoms with Crippen LogP contribution in [0.4, 0.5) is 0 Å². The molecule has 0 saturated carbocycles. The van der Waals surface area contributed by atoms with Crippen LogP contribution in [0.1, 0.15) is 27.8 Å². The molecule has 2 aliphatic carbocycles. The molecule has 3 heteroatoms. The number of rotatable bonds is 4. The van der Waals surface area contributed by atoms with E-state index >= 15 is 0 Å². The van der Waals surface area contributed by atoms with E-state index in [-0.39, 0.29) is 0 Å². The van der Waals surface area contributed by atoms with Gasteiger partial charge in [-0.2, -0.15) is 5.26 Å². The van der Waals surface area contributed by atoms with E-state index < -0.39 is 5.41 Å². The summed E-state index contributed by atoms with van der Waals surface area (Å²) in [5.74, 6) is 0.698. The van der Waals surface area contributed by atoms with Crippen LogP contribution in [-0.2, 0) is 5.41 Å². The maximum Gasteiger partial charge on any atom is 0.160 e. The van der Waals surface area contributed by atoms with Gasteiger partial charge in [-0.3, -0.25) is 0 Å². The first-order chi connectivity index (χ1) is 25.2. The molecule has 8 aromatic rings. The Morgan fingerprint density at radius 2 is 0.902 bits per heavy atom. The van der Waals surface area contributed by atoms with Gasteiger partial charge in [0.25, 0.3) is 0 Å². The lowest BCUT2D eigenvalue weighted by Gasteiger charge is -2.30. The van der Waals surface area contributed by atoms with Crippen molar-refractivity contribution in [1.82, 2.24) is 9.97 Å². The van der Waals surface area contributed by atoms with Gasteiger partial charge in [0.15, 0.2) is 5.82 Å². The smallest absolute Gasteiger partial charge is 0.160 e. The molecule has 1 spiro atoms. The van der Waals surface area contributed by atoms with E-state index in [1.54, 1.807) is 0 Å². The van der Waals surface area contributed by atoms with Crippen LogP contribution in [0.5, 0.6) is 0 Å². The number of nitrogens with zero attached hydrogens (tertiary/aromatic N) is 3. The molecular weight excluding hydrogens is 619 g/mol. The van der Waals surface area contributed by atoms with Gasteiger partial charge in [0, 0.05) is 16.7 Å². The van der Waals surface area contributed by atoms with Gasteiger partial charge < -0.3 is 0 Å². The summed E-state index contributed by atoms with van der Waals surface area (Å²) in [5, 5.41) is 10.0. The third-order valence-corrected chi connectivity index (χ3v) is 10.6. The van der Waals surface area contributed by atoms with E-state index in [0.717, 1.165) is 44.8 Å². The molecule has 0 aliphatic heterocycles. The minimum Gasteiger partial charge on any atom is -0.228 e. The highest BCUT2D eigenvalue weighted by atomic mass is 14.9. The predicted octanol–water partition coefficient (Wildman–Crippen LogP) is 11.4. The highest BCUT2D eigenvalue weighted by molar-refractivity contribution is 6.00. The largest absolute Gasteiger partial charge is 0.228 e. The normalized spacial score (nSPS) is 12.8. The van der Waals surface area contributed by atoms with E-state index in [2.05, 4.69) is 140 Å². The van der Waals surface area contributed by atoms with Crippen molar-refractivity contribution in [3.63, 3.8) is 0 Å². The number of nitriles is 1. The van der Waals surface area contributed by atoms with Crippen LogP contribution in [0.15, 0.2) is 176 Å². The minimum atomic E-state index is -0.468. The molecule has 236 valence electrons. The van der Waals surface area contributed by atoms with Gasteiger partial charge in [-0.25, -0.2) is 9.97 Å². The summed E-state index contributed by atoms with van der Waals surface area (Å²) < 4.78 is 0. The Balaban J connectivity index is 1.15. The molecule has 0 fully saturated rings. The first-order valence-corrected chi connectivity index (χ1v) is 17.2. The van der Waals surface area contributed by atoms with E-state index in [4.69, 9.17) is 9.97 Å². The molecule has 0 radical (unpaired) electrons. The molecule has 1 heterocycles. The summed E-state index contributed by atoms with van der Waals surface area (Å²) in [7, 11) is 0. The van der Waals surface area contributed by atoms with Crippen molar-refractivity contribution in [2.24, 2.45) is 0 Å². The third kappa shape index (κ3) is 4.30. The Morgan fingerprint density at radius 3 is 1.55 bits per heavy atom. The predicted molar refractivity (Wildman–Crippen MR) is 205 cm³/mol. The summed E-state index contributed by atoms with van der Waals surface area (Å²) in [4.78, 5) is 10.0. The maximum absolute atomic E-state index is 10.0. The van der Waals surface area contributed by atoms with Gasteiger partial charge in [-0.15, -0.1) is 0 Å². The quantitative estimate of drug-likeness (QED) is 0.191. The van der Waals surface area contributed by atoms with Gasteiger partial charge in [0.1, 0.15) is 0 Å². The van der Waals surface area contributed by atoms with Crippen molar-refractivity contribution < 1.29 is 0 Å². The van der Waals surface area contributed by atoms with Crippen molar-refractivity contribution in [3.05, 3.63) is 204 Å². The van der Waals surface area contributed by atoms with Crippen molar-refractivity contribution in [3.8, 4) is 73.4 Å². The number of aromatic nitrogens is 2. The van der Waals surface area contributed by atoms with Crippen LogP contribution >= 0.6 is 0 Å². The van der Waals surface area contributed by atoms with Crippen LogP contribution in [-0.4, -0.2) is 9.97 Å². The molecule has 10 rings (SSSR count). The van der Waals surface area contributed by atoms with Crippen molar-refractivity contribution >= 4 is 0 Å². The summed E-state index contributed by atoms with van der Waals surface area (Å²) in [6.07, 6.45) is 0. The van der Waals surface area contributed by atoms with E-state index in [1.807, 2.05) is 42.5 Å². The fourth-order valence-corrected chi connectivity index (χ4v) is 8.39. The van der Waals surface area contributed by atoms with Crippen molar-refractivity contribution in [2.45, 2.75) is 5.41 Å². The Hall–Kier alpha value is -6.89. The zero-order valence-electron chi connectivity index (χ0n) is 27.6. The Morgan fingerprint density at radius 1 is 0.392 bits per heavy atom. The SMILES string of the molecule is N#Cc1ccc2c(c1)-c1c(-c3ccc(-c4cc(-c5ccccc5)nc(-c5ccccc5)n4)cc3)cccc1C21c2ccccc2-c2ccccc21. The molecule has 0 saturated heterocycles. The lowest BCUT2D eigenvalue weighted by Crippen LogP contribution is -2.25. The third-order valence-electron chi connectivity index (χ3n) is 10.6. The standard InChI is InChI=1S/C48H29N3/c49-30-31-22-27-42-39(28-31)46-36(18-11-21-43(46)48(42)40-19-9-7-16-37(40)38-17-8-10-20-41(38)48)32-23-25-34(26-24-32)45-29-44(33-12-3-1-4-13-33)50-47(51-45)35-14-5-2-6-15-35/h1-29H. The van der Waals surface area contributed by atoms with Crippen LogP contribution in [0, 0.1) is 11.3 Å². The van der Waals surface area contributed by atoms with Gasteiger partial charge in [-0.1, -0.05) is 158 Å². The monoisotopic (exact) mass is 647 g/mol. The van der Waals surface area contributed by atoms with Gasteiger partial charge in [-0.05, 0) is 73.8 Å². The maximum atomic E-state index is 10.0. The number of benzene rings is 7. The van der Waals surface area contributed by atoms with Crippen LogP contribution in [0.25, 0.3) is 67.3 Å². The molecule has 0 amide bonds. The second-order valence-corrected chi connectivity index (χ2v) is 13.2. The molecule has 2 aliphatic rings. The minimum absolute atomic E-state index is 0.468. The summed E-state index contributed by atoms with van der Waals surface area (Å²) in [6, 6.07) is 64.2. The molecule has 0 N–H and O–H groups in total. The Labute approximate surface area is 296 Å². The van der Waals surface area contributed by atoms with Gasteiger partial charge >= 0.3 is 0 Å². The zero-order chi connectivity index (χ0) is 33.9. The topological polar surface area (TPSA) is 49.6 Å². The lowest BCUT2D eigenvalue weighted by atomic mass is 9.70. The summed E-state index contributed by atoms with van der Waals surface area (Å²) >= 11 is 0. The van der Waals surface area contributed by atoms with Crippen LogP contribution in [0.2, 0.25) is 0 Å². The lowest BCUT2D eigenvalue weighted by molar-refractivity contribution is 0.794. The van der Waals surface area contributed by atoms with E-state index in [0.29, 0.717) is 11.4 Å². The molecule has 51 heavy (non-hydrogen) atoms. The molecule has 1 aromatic heterocycles. The van der Waals surface area contributed by atoms with E-state index in [9.17, 15) is 5.26 Å². The molecule has 0 bridgehead atoms. The fraction of sp³-hybridized carbons (Fsp3) is 0.0208. The second kappa shape index (κ2) is 11.3. The zero-order valence-corrected chi connectivity index (χ0v) is 27.6. The first kappa shape index (κ1) is 29.1. The van der Waals surface area contributed by atoms with E-state index in [1.165, 1.54) is 38.9 Å². The number of hydrogen-bond donors (Lipinski definition) is 0. The number of fused-ring (bicyclic) bond motifs is 10. The summed E-state index contributed by atoms with van der Waals surface area (Å²) in [6.45, 7) is 0. The van der Waals surface area contributed by atoms with Crippen molar-refractivity contribution in [2.75, 3.05) is 0 Å². The average molecular weight is 648 g/mol. The Bertz CT molecular complexity index is 2580. The fourth-order valence-electron chi connectivity index (χ4n) is 8.39. The van der Waals surface area contributed by atoms with Crippen molar-refractivity contribution in [1.29, 1.82) is 5.26 Å². The van der Waals surface area contributed by atoms with Crippen LogP contribution in [0.3, 0.4) is 0 Å². The van der Waals surface area contributed by atoms with Gasteiger partial charge in [0.2, 0.25) is 0 Å². The number of hydrogen-bond acceptors (Lipinski definition) is 3. The highest BCUT2D eigenvalue weighted by Gasteiger charge is 2.52. The molecule has 0 atom stereocenters. The summed E-state index contributed by atoms with van der Waals surface area (Å²) in [5.41, 5.74) is 17.1. The molecule has 3 nitrogen and oxygen atoms in total. The average Bonchev–Trinajstić information content (AvgIpc) is 3.68. The highest BCUT2D eigenvalue weighted by Crippen LogP contribution is 2.64. The van der Waals surface area contributed by atoms with Crippen LogP contribution < -0.4 is 0 Å². The first-order valence-electron chi connectivity index (χ1n) is 17.2. The molecule has 7 aromatic carbocycles.